The molecule has 0 fully saturated rings. The molecule has 0 aliphatic rings. The van der Waals surface area contributed by atoms with E-state index in [0.717, 1.165) is 34.0 Å². The number of para-hydroxylation sites is 1. The Morgan fingerprint density at radius 3 is 2.44 bits per heavy atom. The molecule has 0 saturated carbocycles. The third-order valence-electron chi connectivity index (χ3n) is 4.15. The highest BCUT2D eigenvalue weighted by molar-refractivity contribution is 7.99. The van der Waals surface area contributed by atoms with Crippen molar-refractivity contribution in [2.45, 2.75) is 49.8 Å². The molecule has 27 heavy (non-hydrogen) atoms. The summed E-state index contributed by atoms with van der Waals surface area (Å²) in [6.07, 6.45) is 2.18. The maximum absolute atomic E-state index is 12.3. The molecule has 140 valence electrons. The second-order valence-corrected chi connectivity index (χ2v) is 7.54. The van der Waals surface area contributed by atoms with Gasteiger partial charge in [-0.15, -0.1) is 0 Å². The Balaban J connectivity index is 1.99. The molecule has 0 saturated heterocycles. The van der Waals surface area contributed by atoms with Crippen LogP contribution >= 0.6 is 11.8 Å². The van der Waals surface area contributed by atoms with E-state index in [1.54, 1.807) is 16.4 Å². The minimum absolute atomic E-state index is 0.223. The zero-order valence-corrected chi connectivity index (χ0v) is 16.8. The minimum atomic E-state index is -0.223. The molecule has 2 aromatic carbocycles. The van der Waals surface area contributed by atoms with Crippen LogP contribution < -0.4 is 4.74 Å². The highest BCUT2D eigenvalue weighted by Crippen LogP contribution is 2.39. The monoisotopic (exact) mass is 380 g/mol. The average molecular weight is 381 g/mol. The van der Waals surface area contributed by atoms with Gasteiger partial charge < -0.3 is 4.74 Å². The molecule has 3 aromatic rings. The van der Waals surface area contributed by atoms with Crippen LogP contribution in [0.1, 0.15) is 37.4 Å². The third kappa shape index (κ3) is 4.80. The lowest BCUT2D eigenvalue weighted by molar-refractivity contribution is -0.135. The van der Waals surface area contributed by atoms with E-state index in [1.807, 2.05) is 37.3 Å². The van der Waals surface area contributed by atoms with Crippen LogP contribution in [-0.4, -0.2) is 15.7 Å². The summed E-state index contributed by atoms with van der Waals surface area (Å²) in [5.74, 6) is 0.269. The zero-order valence-electron chi connectivity index (χ0n) is 15.9. The lowest BCUT2D eigenvalue weighted by atomic mass is 10.2. The molecule has 0 bridgehead atoms. The van der Waals surface area contributed by atoms with Gasteiger partial charge in [0.2, 0.25) is 5.88 Å². The van der Waals surface area contributed by atoms with Crippen molar-refractivity contribution in [3.63, 3.8) is 0 Å². The molecular formula is C22H24N2O2S. The highest BCUT2D eigenvalue weighted by Gasteiger charge is 2.21. The third-order valence-corrected chi connectivity index (χ3v) is 5.33. The predicted molar refractivity (Wildman–Crippen MR) is 109 cm³/mol. The predicted octanol–water partition coefficient (Wildman–Crippen LogP) is 5.74. The number of benzene rings is 2. The summed E-state index contributed by atoms with van der Waals surface area (Å²) in [6, 6.07) is 18.0. The van der Waals surface area contributed by atoms with Gasteiger partial charge in [-0.1, -0.05) is 61.0 Å². The lowest BCUT2D eigenvalue weighted by Gasteiger charge is -2.10. The summed E-state index contributed by atoms with van der Waals surface area (Å²) >= 11 is 1.57. The fourth-order valence-electron chi connectivity index (χ4n) is 2.65. The van der Waals surface area contributed by atoms with Gasteiger partial charge in [0.1, 0.15) is 0 Å². The number of hydrogen-bond acceptors (Lipinski definition) is 4. The number of rotatable bonds is 7. The number of nitrogens with zero attached hydrogens (tertiary/aromatic N) is 2. The molecule has 1 heterocycles. The van der Waals surface area contributed by atoms with Crippen molar-refractivity contribution in [2.24, 2.45) is 0 Å². The summed E-state index contributed by atoms with van der Waals surface area (Å²) in [6.45, 7) is 6.07. The summed E-state index contributed by atoms with van der Waals surface area (Å²) in [4.78, 5) is 14.3. The first-order valence-electron chi connectivity index (χ1n) is 9.18. The number of ether oxygens (including phenoxy) is 1. The molecule has 0 radical (unpaired) electrons. The molecule has 5 heteroatoms. The van der Waals surface area contributed by atoms with Gasteiger partial charge in [-0.25, -0.2) is 0 Å². The zero-order chi connectivity index (χ0) is 19.2. The first-order chi connectivity index (χ1) is 13.1. The van der Waals surface area contributed by atoms with Crippen LogP contribution in [0.25, 0.3) is 5.69 Å². The van der Waals surface area contributed by atoms with E-state index in [-0.39, 0.29) is 5.97 Å². The lowest BCUT2D eigenvalue weighted by Crippen LogP contribution is -2.11. The number of aryl methyl sites for hydroxylation is 2. The fourth-order valence-corrected chi connectivity index (χ4v) is 3.56. The Morgan fingerprint density at radius 2 is 1.78 bits per heavy atom. The topological polar surface area (TPSA) is 44.1 Å². The van der Waals surface area contributed by atoms with Gasteiger partial charge in [0.05, 0.1) is 16.3 Å². The van der Waals surface area contributed by atoms with Gasteiger partial charge in [-0.05, 0) is 44.5 Å². The van der Waals surface area contributed by atoms with Crippen molar-refractivity contribution in [3.05, 3.63) is 65.9 Å². The van der Waals surface area contributed by atoms with Crippen LogP contribution in [0.5, 0.6) is 5.88 Å². The first kappa shape index (κ1) is 19.2. The average Bonchev–Trinajstić information content (AvgIpc) is 2.98. The quantitative estimate of drug-likeness (QED) is 0.491. The minimum Gasteiger partial charge on any atom is -0.406 e. The van der Waals surface area contributed by atoms with Gasteiger partial charge in [-0.2, -0.15) is 9.78 Å². The summed E-state index contributed by atoms with van der Waals surface area (Å²) in [5, 5.41) is 4.65. The number of carbonyl (C=O) groups is 1. The van der Waals surface area contributed by atoms with Crippen LogP contribution in [-0.2, 0) is 4.79 Å². The Bertz CT molecular complexity index is 902. The van der Waals surface area contributed by atoms with E-state index < -0.39 is 0 Å². The molecule has 0 N–H and O–H groups in total. The molecule has 1 aromatic heterocycles. The van der Waals surface area contributed by atoms with Crippen LogP contribution in [0, 0.1) is 13.8 Å². The standard InChI is InChI=1S/C22H24N2O2S/c1-4-5-11-20(25)26-22-21(27-19-14-12-16(2)13-15-19)17(3)23-24(22)18-9-7-6-8-10-18/h6-10,12-15H,4-5,11H2,1-3H3. The van der Waals surface area contributed by atoms with Gasteiger partial charge in [0.15, 0.2) is 0 Å². The van der Waals surface area contributed by atoms with Gasteiger partial charge >= 0.3 is 5.97 Å². The molecular weight excluding hydrogens is 356 g/mol. The van der Waals surface area contributed by atoms with Crippen molar-refractivity contribution in [2.75, 3.05) is 0 Å². The number of hydrogen-bond donors (Lipinski definition) is 0. The second-order valence-electron chi connectivity index (χ2n) is 6.46. The number of carbonyl (C=O) groups excluding carboxylic acids is 1. The first-order valence-corrected chi connectivity index (χ1v) is 10.0. The maximum Gasteiger partial charge on any atom is 0.312 e. The molecule has 3 rings (SSSR count). The largest absolute Gasteiger partial charge is 0.406 e. The van der Waals surface area contributed by atoms with Crippen molar-refractivity contribution < 1.29 is 9.53 Å². The molecule has 0 aliphatic heterocycles. The Morgan fingerprint density at radius 1 is 1.07 bits per heavy atom. The molecule has 0 atom stereocenters. The van der Waals surface area contributed by atoms with E-state index in [4.69, 9.17) is 4.74 Å². The number of aromatic nitrogens is 2. The maximum atomic E-state index is 12.3. The summed E-state index contributed by atoms with van der Waals surface area (Å²) < 4.78 is 7.51. The van der Waals surface area contributed by atoms with E-state index in [9.17, 15) is 4.79 Å². The fraction of sp³-hybridized carbons (Fsp3) is 0.273. The highest BCUT2D eigenvalue weighted by atomic mass is 32.2. The smallest absolute Gasteiger partial charge is 0.312 e. The Labute approximate surface area is 164 Å². The normalized spacial score (nSPS) is 10.8. The van der Waals surface area contributed by atoms with Crippen LogP contribution in [0.4, 0.5) is 0 Å². The second kappa shape index (κ2) is 8.91. The van der Waals surface area contributed by atoms with Crippen molar-refractivity contribution in [1.82, 2.24) is 9.78 Å². The van der Waals surface area contributed by atoms with Crippen LogP contribution in [0.2, 0.25) is 0 Å². The van der Waals surface area contributed by atoms with Gasteiger partial charge in [0.25, 0.3) is 0 Å². The van der Waals surface area contributed by atoms with Crippen molar-refractivity contribution in [3.8, 4) is 11.6 Å². The Hall–Kier alpha value is -2.53. The van der Waals surface area contributed by atoms with Crippen molar-refractivity contribution in [1.29, 1.82) is 0 Å². The number of unbranched alkanes of at least 4 members (excludes halogenated alkanes) is 1. The molecule has 0 spiro atoms. The van der Waals surface area contributed by atoms with Crippen LogP contribution in [0.3, 0.4) is 0 Å². The van der Waals surface area contributed by atoms with E-state index >= 15 is 0 Å². The van der Waals surface area contributed by atoms with Gasteiger partial charge in [-0.3, -0.25) is 4.79 Å². The van der Waals surface area contributed by atoms with E-state index in [0.29, 0.717) is 12.3 Å². The number of esters is 1. The summed E-state index contributed by atoms with van der Waals surface area (Å²) in [5.41, 5.74) is 2.92. The van der Waals surface area contributed by atoms with Gasteiger partial charge in [0, 0.05) is 11.3 Å². The van der Waals surface area contributed by atoms with Crippen LogP contribution in [0.15, 0.2) is 64.4 Å². The molecule has 4 nitrogen and oxygen atoms in total. The van der Waals surface area contributed by atoms with Crippen molar-refractivity contribution >= 4 is 17.7 Å². The molecule has 0 unspecified atom stereocenters. The van der Waals surface area contributed by atoms with E-state index in [1.165, 1.54) is 5.56 Å². The molecule has 0 amide bonds. The molecule has 0 aliphatic carbocycles. The Kier molecular flexibility index (Phi) is 6.35. The van der Waals surface area contributed by atoms with E-state index in [2.05, 4.69) is 43.2 Å². The summed E-state index contributed by atoms with van der Waals surface area (Å²) in [7, 11) is 0. The SMILES string of the molecule is CCCCC(=O)Oc1c(Sc2ccc(C)cc2)c(C)nn1-c1ccccc1.